The number of anilines is 2. The summed E-state index contributed by atoms with van der Waals surface area (Å²) in [5.74, 6) is 0.402. The predicted octanol–water partition coefficient (Wildman–Crippen LogP) is 2.06. The standard InChI is InChI=1S/C18H21N3O4S/c1-12-3-4-17(25-2)15(9-12)20-13-5-7-19-16(10-13)18(22)21-14-6-8-26(23,24)11-14/h3-5,7,9-10,14H,6,8,11H2,1-2H3,(H,19,20)(H,21,22). The molecule has 1 amide bonds. The molecule has 1 unspecified atom stereocenters. The van der Waals surface area contributed by atoms with Crippen LogP contribution in [0.2, 0.25) is 0 Å². The molecule has 8 heteroatoms. The molecule has 3 rings (SSSR count). The van der Waals surface area contributed by atoms with Crippen molar-refractivity contribution in [2.75, 3.05) is 23.9 Å². The Kier molecular flexibility index (Phi) is 5.13. The highest BCUT2D eigenvalue weighted by molar-refractivity contribution is 7.91. The van der Waals surface area contributed by atoms with Crippen LogP contribution >= 0.6 is 0 Å². The number of nitrogens with one attached hydrogen (secondary N) is 2. The molecular weight excluding hydrogens is 354 g/mol. The third kappa shape index (κ3) is 4.32. The molecule has 1 atom stereocenters. The maximum Gasteiger partial charge on any atom is 0.270 e. The number of ether oxygens (including phenoxy) is 1. The summed E-state index contributed by atoms with van der Waals surface area (Å²) < 4.78 is 28.4. The summed E-state index contributed by atoms with van der Waals surface area (Å²) in [6, 6.07) is 8.78. The largest absolute Gasteiger partial charge is 0.495 e. The molecule has 2 N–H and O–H groups in total. The number of nitrogens with zero attached hydrogens (tertiary/aromatic N) is 1. The third-order valence-electron chi connectivity index (χ3n) is 4.19. The van der Waals surface area contributed by atoms with E-state index in [1.54, 1.807) is 19.2 Å². The van der Waals surface area contributed by atoms with Crippen molar-refractivity contribution >= 4 is 27.1 Å². The zero-order chi connectivity index (χ0) is 18.7. The van der Waals surface area contributed by atoms with Crippen LogP contribution < -0.4 is 15.4 Å². The van der Waals surface area contributed by atoms with Crippen molar-refractivity contribution in [2.24, 2.45) is 0 Å². The van der Waals surface area contributed by atoms with Gasteiger partial charge < -0.3 is 15.4 Å². The van der Waals surface area contributed by atoms with E-state index in [0.29, 0.717) is 17.9 Å². The van der Waals surface area contributed by atoms with Gasteiger partial charge in [0.2, 0.25) is 0 Å². The fourth-order valence-electron chi connectivity index (χ4n) is 2.88. The van der Waals surface area contributed by atoms with Gasteiger partial charge in [0.05, 0.1) is 24.3 Å². The molecule has 0 aliphatic carbocycles. The Balaban J connectivity index is 1.74. The van der Waals surface area contributed by atoms with Crippen LogP contribution in [0.3, 0.4) is 0 Å². The van der Waals surface area contributed by atoms with Crippen LogP contribution in [0, 0.1) is 6.92 Å². The SMILES string of the molecule is COc1ccc(C)cc1Nc1ccnc(C(=O)NC2CCS(=O)(=O)C2)c1. The Morgan fingerprint density at radius 2 is 2.08 bits per heavy atom. The zero-order valence-corrected chi connectivity index (χ0v) is 15.5. The Morgan fingerprint density at radius 3 is 2.77 bits per heavy atom. The van der Waals surface area contributed by atoms with Crippen molar-refractivity contribution in [3.8, 4) is 5.75 Å². The van der Waals surface area contributed by atoms with Crippen LogP contribution in [0.5, 0.6) is 5.75 Å². The van der Waals surface area contributed by atoms with Crippen molar-refractivity contribution in [3.63, 3.8) is 0 Å². The van der Waals surface area contributed by atoms with Gasteiger partial charge in [-0.2, -0.15) is 0 Å². The van der Waals surface area contributed by atoms with Crippen molar-refractivity contribution in [1.29, 1.82) is 0 Å². The Morgan fingerprint density at radius 1 is 1.27 bits per heavy atom. The van der Waals surface area contributed by atoms with E-state index in [2.05, 4.69) is 15.6 Å². The number of aryl methyl sites for hydroxylation is 1. The maximum absolute atomic E-state index is 12.4. The molecule has 0 saturated carbocycles. The number of hydrogen-bond donors (Lipinski definition) is 2. The van der Waals surface area contributed by atoms with Crippen LogP contribution in [-0.2, 0) is 9.84 Å². The summed E-state index contributed by atoms with van der Waals surface area (Å²) in [5, 5.41) is 5.97. The summed E-state index contributed by atoms with van der Waals surface area (Å²) in [7, 11) is -1.45. The first-order chi connectivity index (χ1) is 12.4. The lowest BCUT2D eigenvalue weighted by Crippen LogP contribution is -2.36. The molecule has 0 spiro atoms. The summed E-state index contributed by atoms with van der Waals surface area (Å²) in [6.07, 6.45) is 1.97. The number of sulfone groups is 1. The van der Waals surface area contributed by atoms with Crippen LogP contribution in [0.15, 0.2) is 36.5 Å². The highest BCUT2D eigenvalue weighted by Crippen LogP contribution is 2.28. The topological polar surface area (TPSA) is 97.4 Å². The highest BCUT2D eigenvalue weighted by atomic mass is 32.2. The van der Waals surface area contributed by atoms with E-state index < -0.39 is 9.84 Å². The normalized spacial score (nSPS) is 18.3. The predicted molar refractivity (Wildman–Crippen MR) is 99.8 cm³/mol. The van der Waals surface area contributed by atoms with Gasteiger partial charge in [-0.1, -0.05) is 6.07 Å². The van der Waals surface area contributed by atoms with E-state index in [1.807, 2.05) is 25.1 Å². The Bertz CT molecular complexity index is 928. The Hall–Kier alpha value is -2.61. The van der Waals surface area contributed by atoms with Gasteiger partial charge >= 0.3 is 0 Å². The van der Waals surface area contributed by atoms with Crippen LogP contribution in [-0.4, -0.2) is 44.0 Å². The minimum absolute atomic E-state index is 0.0167. The fourth-order valence-corrected chi connectivity index (χ4v) is 4.55. The number of benzene rings is 1. The number of amides is 1. The molecule has 138 valence electrons. The molecule has 2 aromatic rings. The molecular formula is C18H21N3O4S. The molecule has 1 aliphatic heterocycles. The summed E-state index contributed by atoms with van der Waals surface area (Å²) in [4.78, 5) is 16.5. The van der Waals surface area contributed by atoms with Crippen molar-refractivity contribution in [3.05, 3.63) is 47.8 Å². The molecule has 1 aromatic carbocycles. The molecule has 0 bridgehead atoms. The summed E-state index contributed by atoms with van der Waals surface area (Å²) >= 11 is 0. The lowest BCUT2D eigenvalue weighted by molar-refractivity contribution is 0.0936. The first kappa shape index (κ1) is 18.2. The number of hydrogen-bond acceptors (Lipinski definition) is 6. The number of pyridine rings is 1. The number of aromatic nitrogens is 1. The first-order valence-electron chi connectivity index (χ1n) is 8.25. The molecule has 1 fully saturated rings. The monoisotopic (exact) mass is 375 g/mol. The maximum atomic E-state index is 12.4. The van der Waals surface area contributed by atoms with Gasteiger partial charge in [0.1, 0.15) is 11.4 Å². The minimum Gasteiger partial charge on any atom is -0.495 e. The molecule has 0 radical (unpaired) electrons. The zero-order valence-electron chi connectivity index (χ0n) is 14.7. The van der Waals surface area contributed by atoms with Crippen LogP contribution in [0.1, 0.15) is 22.5 Å². The molecule has 1 aromatic heterocycles. The van der Waals surface area contributed by atoms with E-state index in [-0.39, 0.29) is 29.1 Å². The highest BCUT2D eigenvalue weighted by Gasteiger charge is 2.29. The number of rotatable bonds is 5. The molecule has 1 aliphatic rings. The Labute approximate surface area is 152 Å². The van der Waals surface area contributed by atoms with Gasteiger partial charge in [0, 0.05) is 17.9 Å². The first-order valence-corrected chi connectivity index (χ1v) is 10.1. The van der Waals surface area contributed by atoms with E-state index in [9.17, 15) is 13.2 Å². The van der Waals surface area contributed by atoms with Crippen molar-refractivity contribution in [1.82, 2.24) is 10.3 Å². The second kappa shape index (κ2) is 7.33. The molecule has 2 heterocycles. The average Bonchev–Trinajstić information content (AvgIpc) is 2.94. The minimum atomic E-state index is -3.05. The molecule has 26 heavy (non-hydrogen) atoms. The third-order valence-corrected chi connectivity index (χ3v) is 5.96. The van der Waals surface area contributed by atoms with E-state index in [4.69, 9.17) is 4.74 Å². The van der Waals surface area contributed by atoms with Gasteiger partial charge in [-0.3, -0.25) is 9.78 Å². The summed E-state index contributed by atoms with van der Waals surface area (Å²) in [6.45, 7) is 1.98. The van der Waals surface area contributed by atoms with Crippen molar-refractivity contribution < 1.29 is 17.9 Å². The van der Waals surface area contributed by atoms with Crippen LogP contribution in [0.4, 0.5) is 11.4 Å². The quantitative estimate of drug-likeness (QED) is 0.830. The van der Waals surface area contributed by atoms with Gasteiger partial charge in [-0.15, -0.1) is 0 Å². The smallest absolute Gasteiger partial charge is 0.270 e. The summed E-state index contributed by atoms with van der Waals surface area (Å²) in [5.41, 5.74) is 2.77. The van der Waals surface area contributed by atoms with E-state index in [0.717, 1.165) is 11.3 Å². The van der Waals surface area contributed by atoms with E-state index in [1.165, 1.54) is 6.20 Å². The van der Waals surface area contributed by atoms with Gasteiger partial charge in [-0.25, -0.2) is 8.42 Å². The molecule has 7 nitrogen and oxygen atoms in total. The van der Waals surface area contributed by atoms with Crippen molar-refractivity contribution in [2.45, 2.75) is 19.4 Å². The van der Waals surface area contributed by atoms with Gasteiger partial charge in [0.15, 0.2) is 9.84 Å². The van der Waals surface area contributed by atoms with Crippen LogP contribution in [0.25, 0.3) is 0 Å². The lowest BCUT2D eigenvalue weighted by Gasteiger charge is -2.13. The van der Waals surface area contributed by atoms with Gasteiger partial charge in [-0.05, 0) is 43.2 Å². The second-order valence-corrected chi connectivity index (χ2v) is 8.56. The lowest BCUT2D eigenvalue weighted by atomic mass is 10.2. The number of carbonyl (C=O) groups is 1. The number of carbonyl (C=O) groups excluding carboxylic acids is 1. The van der Waals surface area contributed by atoms with E-state index >= 15 is 0 Å². The van der Waals surface area contributed by atoms with Gasteiger partial charge in [0.25, 0.3) is 5.91 Å². The fraction of sp³-hybridized carbons (Fsp3) is 0.333. The number of methoxy groups -OCH3 is 1. The average molecular weight is 375 g/mol. The molecule has 1 saturated heterocycles. The second-order valence-electron chi connectivity index (χ2n) is 6.33.